The van der Waals surface area contributed by atoms with Crippen molar-refractivity contribution in [2.45, 2.75) is 44.1 Å². The third-order valence-electron chi connectivity index (χ3n) is 6.38. The number of nitrogens with zero attached hydrogens (tertiary/aromatic N) is 4. The molecular weight excluding hydrogens is 551 g/mol. The summed E-state index contributed by atoms with van der Waals surface area (Å²) in [6.45, 7) is 1.91. The maximum absolute atomic E-state index is 14.0. The molecular formula is C24H24Cl2F4N6O2. The number of piperidine rings is 1. The van der Waals surface area contributed by atoms with Crippen LogP contribution in [-0.4, -0.2) is 50.9 Å². The second-order valence-corrected chi connectivity index (χ2v) is 9.69. The first-order valence-electron chi connectivity index (χ1n) is 11.6. The van der Waals surface area contributed by atoms with Gasteiger partial charge >= 0.3 is 6.18 Å². The number of amides is 1. The molecule has 1 fully saturated rings. The molecule has 0 aliphatic carbocycles. The first-order valence-corrected chi connectivity index (χ1v) is 12.3. The smallest absolute Gasteiger partial charge is 0.412 e. The Morgan fingerprint density at radius 2 is 1.87 bits per heavy atom. The molecule has 204 valence electrons. The van der Waals surface area contributed by atoms with Crippen molar-refractivity contribution in [2.24, 2.45) is 5.73 Å². The summed E-state index contributed by atoms with van der Waals surface area (Å²) in [5.74, 6) is -1.43. The van der Waals surface area contributed by atoms with Gasteiger partial charge in [-0.1, -0.05) is 23.2 Å². The number of benzene rings is 1. The Morgan fingerprint density at radius 3 is 2.53 bits per heavy atom. The Bertz CT molecular complexity index is 1330. The predicted octanol–water partition coefficient (Wildman–Crippen LogP) is 5.17. The van der Waals surface area contributed by atoms with E-state index in [0.29, 0.717) is 24.0 Å². The highest BCUT2D eigenvalue weighted by Crippen LogP contribution is 2.37. The van der Waals surface area contributed by atoms with E-state index in [-0.39, 0.29) is 46.3 Å². The minimum Gasteiger partial charge on any atom is -0.482 e. The highest BCUT2D eigenvalue weighted by molar-refractivity contribution is 6.36. The molecule has 0 spiro atoms. The SMILES string of the molecule is C[C@@H](Oc1cc(-c2cnn(C3CCN(C(=O)C(N)C(F)(F)F)CC3)c2)cnc1N)c1c(Cl)ccc(F)c1Cl. The minimum absolute atomic E-state index is 0.103. The Kier molecular flexibility index (Phi) is 8.05. The number of likely N-dealkylation sites (tertiary alicyclic amines) is 1. The van der Waals surface area contributed by atoms with Crippen molar-refractivity contribution >= 4 is 34.9 Å². The van der Waals surface area contributed by atoms with Crippen molar-refractivity contribution in [1.82, 2.24) is 19.7 Å². The van der Waals surface area contributed by atoms with Gasteiger partial charge in [0.1, 0.15) is 11.9 Å². The third kappa shape index (κ3) is 5.82. The molecule has 1 unspecified atom stereocenters. The zero-order chi connectivity index (χ0) is 27.8. The third-order valence-corrected chi connectivity index (χ3v) is 7.09. The van der Waals surface area contributed by atoms with Gasteiger partial charge in [-0.05, 0) is 38.0 Å². The molecule has 3 heterocycles. The lowest BCUT2D eigenvalue weighted by molar-refractivity contribution is -0.170. The summed E-state index contributed by atoms with van der Waals surface area (Å²) in [6, 6.07) is 1.55. The number of nitrogens with two attached hydrogens (primary N) is 2. The van der Waals surface area contributed by atoms with Gasteiger partial charge in [0.05, 0.1) is 17.3 Å². The van der Waals surface area contributed by atoms with E-state index in [9.17, 15) is 22.4 Å². The van der Waals surface area contributed by atoms with Gasteiger partial charge in [-0.15, -0.1) is 0 Å². The Labute approximate surface area is 225 Å². The first kappa shape index (κ1) is 27.9. The van der Waals surface area contributed by atoms with Gasteiger partial charge in [0.15, 0.2) is 17.6 Å². The average Bonchev–Trinajstić information content (AvgIpc) is 3.37. The highest BCUT2D eigenvalue weighted by atomic mass is 35.5. The van der Waals surface area contributed by atoms with Gasteiger partial charge in [0.25, 0.3) is 0 Å². The number of halogens is 6. The summed E-state index contributed by atoms with van der Waals surface area (Å²) < 4.78 is 60.0. The molecule has 1 aliphatic rings. The number of hydrogen-bond acceptors (Lipinski definition) is 6. The summed E-state index contributed by atoms with van der Waals surface area (Å²) in [5, 5.41) is 4.47. The van der Waals surface area contributed by atoms with Crippen LogP contribution in [0.25, 0.3) is 11.1 Å². The standard InChI is InChI=1S/C24H24Cl2F4N6O2/c1-12(19-16(25)2-3-17(27)20(19)26)38-18-8-13(9-33-22(18)32)14-10-34-36(11-14)15-4-6-35(7-5-15)23(37)21(31)24(28,29)30/h2-3,8-12,15,21H,4-7,31H2,1H3,(H2,32,33)/t12-,21?/m1/s1. The fraction of sp³-hybridized carbons (Fsp3) is 0.375. The molecule has 1 aliphatic heterocycles. The lowest BCUT2D eigenvalue weighted by Gasteiger charge is -2.33. The average molecular weight is 575 g/mol. The van der Waals surface area contributed by atoms with Crippen LogP contribution in [0.3, 0.4) is 0 Å². The van der Waals surface area contributed by atoms with E-state index in [0.717, 1.165) is 11.0 Å². The lowest BCUT2D eigenvalue weighted by Crippen LogP contribution is -2.53. The largest absolute Gasteiger partial charge is 0.482 e. The number of rotatable bonds is 6. The van der Waals surface area contributed by atoms with Crippen molar-refractivity contribution in [3.05, 3.63) is 58.2 Å². The molecule has 4 rings (SSSR count). The van der Waals surface area contributed by atoms with Crippen LogP contribution >= 0.6 is 23.2 Å². The fourth-order valence-corrected chi connectivity index (χ4v) is 4.92. The van der Waals surface area contributed by atoms with Crippen molar-refractivity contribution in [3.63, 3.8) is 0 Å². The van der Waals surface area contributed by atoms with E-state index in [1.807, 2.05) is 0 Å². The molecule has 0 saturated carbocycles. The van der Waals surface area contributed by atoms with Gasteiger partial charge in [0.2, 0.25) is 5.91 Å². The van der Waals surface area contributed by atoms with Crippen molar-refractivity contribution in [1.29, 1.82) is 0 Å². The fourth-order valence-electron chi connectivity index (χ4n) is 4.25. The van der Waals surface area contributed by atoms with Gasteiger partial charge in [0, 0.05) is 47.2 Å². The molecule has 2 aromatic heterocycles. The summed E-state index contributed by atoms with van der Waals surface area (Å²) >= 11 is 12.3. The van der Waals surface area contributed by atoms with Crippen molar-refractivity contribution in [2.75, 3.05) is 18.8 Å². The molecule has 0 radical (unpaired) electrons. The minimum atomic E-state index is -4.78. The molecule has 14 heteroatoms. The number of ether oxygens (including phenoxy) is 1. The van der Waals surface area contributed by atoms with Crippen LogP contribution < -0.4 is 16.2 Å². The maximum Gasteiger partial charge on any atom is 0.412 e. The lowest BCUT2D eigenvalue weighted by atomic mass is 10.0. The molecule has 1 saturated heterocycles. The molecule has 3 aromatic rings. The van der Waals surface area contributed by atoms with Crippen molar-refractivity contribution in [3.8, 4) is 16.9 Å². The summed E-state index contributed by atoms with van der Waals surface area (Å²) in [5.41, 5.74) is 12.6. The zero-order valence-corrected chi connectivity index (χ0v) is 21.6. The summed E-state index contributed by atoms with van der Waals surface area (Å²) in [6.07, 6.45) is 0.217. The topological polar surface area (TPSA) is 112 Å². The Balaban J connectivity index is 1.46. The van der Waals surface area contributed by atoms with Gasteiger partial charge in [-0.2, -0.15) is 18.3 Å². The maximum atomic E-state index is 14.0. The van der Waals surface area contributed by atoms with E-state index in [2.05, 4.69) is 10.1 Å². The zero-order valence-electron chi connectivity index (χ0n) is 20.1. The van der Waals surface area contributed by atoms with Crippen molar-refractivity contribution < 1.29 is 27.1 Å². The molecule has 1 amide bonds. The number of carbonyl (C=O) groups is 1. The number of anilines is 1. The van der Waals surface area contributed by atoms with E-state index in [4.69, 9.17) is 39.4 Å². The van der Waals surface area contributed by atoms with Crippen LogP contribution in [0.1, 0.15) is 37.5 Å². The van der Waals surface area contributed by atoms with Crippen LogP contribution in [0.5, 0.6) is 5.75 Å². The number of nitrogen functional groups attached to an aromatic ring is 1. The summed E-state index contributed by atoms with van der Waals surface area (Å²) in [7, 11) is 0. The second kappa shape index (κ2) is 11.0. The number of hydrogen-bond donors (Lipinski definition) is 2. The Hall–Kier alpha value is -3.09. The van der Waals surface area contributed by atoms with E-state index in [1.54, 1.807) is 30.1 Å². The quantitative estimate of drug-likeness (QED) is 0.310. The molecule has 38 heavy (non-hydrogen) atoms. The normalized spacial score (nSPS) is 16.4. The van der Waals surface area contributed by atoms with E-state index < -0.39 is 30.0 Å². The second-order valence-electron chi connectivity index (χ2n) is 8.91. The number of aromatic nitrogens is 3. The van der Waals surface area contributed by atoms with Gasteiger partial charge < -0.3 is 21.1 Å². The number of alkyl halides is 3. The molecule has 8 nitrogen and oxygen atoms in total. The molecule has 1 aromatic carbocycles. The van der Waals surface area contributed by atoms with E-state index in [1.165, 1.54) is 12.3 Å². The van der Waals surface area contributed by atoms with E-state index >= 15 is 0 Å². The van der Waals surface area contributed by atoms with Crippen LogP contribution in [-0.2, 0) is 4.79 Å². The molecule has 2 atom stereocenters. The molecule has 4 N–H and O–H groups in total. The van der Waals surface area contributed by atoms with Gasteiger partial charge in [-0.3, -0.25) is 9.48 Å². The van der Waals surface area contributed by atoms with Gasteiger partial charge in [-0.25, -0.2) is 9.37 Å². The molecule has 0 bridgehead atoms. The summed E-state index contributed by atoms with van der Waals surface area (Å²) in [4.78, 5) is 17.4. The van der Waals surface area contributed by atoms with Crippen LogP contribution in [0.15, 0.2) is 36.8 Å². The highest BCUT2D eigenvalue weighted by Gasteiger charge is 2.44. The Morgan fingerprint density at radius 1 is 1.18 bits per heavy atom. The first-order chi connectivity index (χ1) is 17.9. The van der Waals surface area contributed by atoms with Crippen LogP contribution in [0.2, 0.25) is 10.0 Å². The number of carbonyl (C=O) groups excluding carboxylic acids is 1. The predicted molar refractivity (Wildman–Crippen MR) is 134 cm³/mol. The monoisotopic (exact) mass is 574 g/mol. The number of pyridine rings is 1. The van der Waals surface area contributed by atoms with Crippen LogP contribution in [0.4, 0.5) is 23.4 Å². The van der Waals surface area contributed by atoms with Crippen LogP contribution in [0, 0.1) is 5.82 Å².